The summed E-state index contributed by atoms with van der Waals surface area (Å²) in [6.45, 7) is -0.184. The minimum Gasteiger partial charge on any atom is -0.480 e. The highest BCUT2D eigenvalue weighted by atomic mass is 16.4. The normalized spacial score (nSPS) is 10.7. The van der Waals surface area contributed by atoms with Gasteiger partial charge < -0.3 is 9.67 Å². The number of carbonyl (C=O) groups is 2. The van der Waals surface area contributed by atoms with Crippen molar-refractivity contribution in [3.8, 4) is 0 Å². The Kier molecular flexibility index (Phi) is 3.43. The van der Waals surface area contributed by atoms with Crippen LogP contribution in [-0.4, -0.2) is 34.5 Å². The van der Waals surface area contributed by atoms with Crippen LogP contribution in [-0.2, 0) is 11.8 Å². The van der Waals surface area contributed by atoms with Gasteiger partial charge in [0, 0.05) is 29.7 Å². The predicted molar refractivity (Wildman–Crippen MR) is 67.8 cm³/mol. The average molecular weight is 246 g/mol. The predicted octanol–water partition coefficient (Wildman–Crippen LogP) is 1.04. The topological polar surface area (TPSA) is 71.3 Å². The summed E-state index contributed by atoms with van der Waals surface area (Å²) in [4.78, 5) is 22.3. The Morgan fingerprint density at radius 2 is 2.00 bits per heavy atom. The Morgan fingerprint density at radius 3 is 2.72 bits per heavy atom. The lowest BCUT2D eigenvalue weighted by atomic mass is 10.1. The lowest BCUT2D eigenvalue weighted by molar-refractivity contribution is -0.135. The number of hydrogen-bond donors (Lipinski definition) is 2. The summed E-state index contributed by atoms with van der Waals surface area (Å²) in [5.41, 5.74) is 1.60. The molecule has 0 aliphatic carbocycles. The fourth-order valence-electron chi connectivity index (χ4n) is 1.94. The van der Waals surface area contributed by atoms with Gasteiger partial charge in [-0.15, -0.1) is 0 Å². The van der Waals surface area contributed by atoms with Crippen molar-refractivity contribution in [2.75, 3.05) is 13.1 Å². The monoisotopic (exact) mass is 246 g/mol. The molecule has 5 heteroatoms. The number of ketones is 1. The number of benzene rings is 1. The van der Waals surface area contributed by atoms with Gasteiger partial charge in [0.05, 0.1) is 13.1 Å². The van der Waals surface area contributed by atoms with Gasteiger partial charge in [0.15, 0.2) is 5.78 Å². The van der Waals surface area contributed by atoms with Crippen LogP contribution < -0.4 is 5.32 Å². The number of Topliss-reactive ketones (excluding diaryl/α,β-unsaturated/α-hetero) is 1. The summed E-state index contributed by atoms with van der Waals surface area (Å²) in [7, 11) is 1.88. The van der Waals surface area contributed by atoms with Crippen molar-refractivity contribution in [1.29, 1.82) is 0 Å². The number of fused-ring (bicyclic) bond motifs is 1. The van der Waals surface area contributed by atoms with Crippen LogP contribution >= 0.6 is 0 Å². The number of aryl methyl sites for hydroxylation is 1. The molecule has 94 valence electrons. The van der Waals surface area contributed by atoms with Crippen molar-refractivity contribution in [3.63, 3.8) is 0 Å². The zero-order valence-corrected chi connectivity index (χ0v) is 10.0. The highest BCUT2D eigenvalue weighted by molar-refractivity contribution is 6.09. The third-order valence-corrected chi connectivity index (χ3v) is 2.76. The van der Waals surface area contributed by atoms with Gasteiger partial charge in [-0.3, -0.25) is 14.9 Å². The van der Waals surface area contributed by atoms with Crippen LogP contribution in [0.15, 0.2) is 30.5 Å². The highest BCUT2D eigenvalue weighted by Crippen LogP contribution is 2.20. The number of rotatable bonds is 5. The molecule has 1 aromatic heterocycles. The third-order valence-electron chi connectivity index (χ3n) is 2.76. The van der Waals surface area contributed by atoms with Crippen LogP contribution in [0.5, 0.6) is 0 Å². The van der Waals surface area contributed by atoms with Gasteiger partial charge in [0.1, 0.15) is 0 Å². The standard InChI is InChI=1S/C13H14N2O3/c1-15-8-10(9-4-2-3-5-11(9)15)12(16)6-14-7-13(17)18/h2-5,8,14H,6-7H2,1H3,(H,17,18). The SMILES string of the molecule is Cn1cc(C(=O)CNCC(=O)O)c2ccccc21. The molecule has 5 nitrogen and oxygen atoms in total. The van der Waals surface area contributed by atoms with E-state index in [0.29, 0.717) is 5.56 Å². The third kappa shape index (κ3) is 2.41. The molecule has 0 aliphatic heterocycles. The zero-order chi connectivity index (χ0) is 13.1. The molecule has 0 amide bonds. The van der Waals surface area contributed by atoms with Crippen LogP contribution in [0.4, 0.5) is 0 Å². The molecule has 18 heavy (non-hydrogen) atoms. The largest absolute Gasteiger partial charge is 0.480 e. The van der Waals surface area contributed by atoms with E-state index in [1.165, 1.54) is 0 Å². The fraction of sp³-hybridized carbons (Fsp3) is 0.231. The van der Waals surface area contributed by atoms with E-state index in [1.54, 1.807) is 6.20 Å². The Hall–Kier alpha value is -2.14. The molecule has 2 rings (SSSR count). The number of nitrogens with zero attached hydrogens (tertiary/aromatic N) is 1. The van der Waals surface area contributed by atoms with Crippen LogP contribution in [0.2, 0.25) is 0 Å². The zero-order valence-electron chi connectivity index (χ0n) is 10.0. The second-order valence-electron chi connectivity index (χ2n) is 4.09. The summed E-state index contributed by atoms with van der Waals surface area (Å²) < 4.78 is 1.89. The Labute approximate surface area is 104 Å². The quantitative estimate of drug-likeness (QED) is 0.773. The first-order chi connectivity index (χ1) is 8.59. The van der Waals surface area contributed by atoms with Crippen molar-refractivity contribution < 1.29 is 14.7 Å². The van der Waals surface area contributed by atoms with E-state index in [2.05, 4.69) is 5.32 Å². The number of aromatic nitrogens is 1. The summed E-state index contributed by atoms with van der Waals surface area (Å²) in [6.07, 6.45) is 1.77. The summed E-state index contributed by atoms with van der Waals surface area (Å²) in [6, 6.07) is 7.62. The number of para-hydroxylation sites is 1. The Balaban J connectivity index is 2.20. The minimum atomic E-state index is -0.972. The second-order valence-corrected chi connectivity index (χ2v) is 4.09. The van der Waals surface area contributed by atoms with Crippen LogP contribution in [0.3, 0.4) is 0 Å². The number of hydrogen-bond acceptors (Lipinski definition) is 3. The molecular weight excluding hydrogens is 232 g/mol. The molecule has 0 unspecified atom stereocenters. The molecule has 0 spiro atoms. The van der Waals surface area contributed by atoms with E-state index in [-0.39, 0.29) is 18.9 Å². The van der Waals surface area contributed by atoms with Gasteiger partial charge >= 0.3 is 5.97 Å². The first-order valence-corrected chi connectivity index (χ1v) is 5.59. The first kappa shape index (κ1) is 12.3. The summed E-state index contributed by atoms with van der Waals surface area (Å²) in [5, 5.41) is 12.0. The summed E-state index contributed by atoms with van der Waals surface area (Å²) in [5.74, 6) is -1.08. The van der Waals surface area contributed by atoms with E-state index >= 15 is 0 Å². The average Bonchev–Trinajstić information content (AvgIpc) is 2.67. The molecule has 0 saturated carbocycles. The molecule has 0 atom stereocenters. The molecule has 0 bridgehead atoms. The van der Waals surface area contributed by atoms with Gasteiger partial charge in [0.25, 0.3) is 0 Å². The molecule has 2 N–H and O–H groups in total. The second kappa shape index (κ2) is 5.01. The van der Waals surface area contributed by atoms with Crippen molar-refractivity contribution in [3.05, 3.63) is 36.0 Å². The van der Waals surface area contributed by atoms with E-state index in [4.69, 9.17) is 5.11 Å². The van der Waals surface area contributed by atoms with Gasteiger partial charge in [-0.2, -0.15) is 0 Å². The number of carboxylic acid groups (broad SMARTS) is 1. The number of nitrogens with one attached hydrogen (secondary N) is 1. The number of aliphatic carboxylic acids is 1. The highest BCUT2D eigenvalue weighted by Gasteiger charge is 2.13. The van der Waals surface area contributed by atoms with E-state index in [1.807, 2.05) is 35.9 Å². The van der Waals surface area contributed by atoms with Crippen molar-refractivity contribution in [2.24, 2.45) is 7.05 Å². The van der Waals surface area contributed by atoms with E-state index in [9.17, 15) is 9.59 Å². The first-order valence-electron chi connectivity index (χ1n) is 5.59. The molecular formula is C13H14N2O3. The molecule has 0 fully saturated rings. The molecule has 1 aromatic carbocycles. The molecule has 0 aliphatic rings. The van der Waals surface area contributed by atoms with Crippen LogP contribution in [0.1, 0.15) is 10.4 Å². The maximum absolute atomic E-state index is 12.0. The maximum atomic E-state index is 12.0. The molecule has 2 aromatic rings. The molecule has 0 saturated heterocycles. The van der Waals surface area contributed by atoms with Gasteiger partial charge in [-0.25, -0.2) is 0 Å². The molecule has 0 radical (unpaired) electrons. The van der Waals surface area contributed by atoms with Crippen molar-refractivity contribution >= 4 is 22.7 Å². The maximum Gasteiger partial charge on any atom is 0.317 e. The van der Waals surface area contributed by atoms with Crippen LogP contribution in [0.25, 0.3) is 10.9 Å². The van der Waals surface area contributed by atoms with Gasteiger partial charge in [0.2, 0.25) is 0 Å². The van der Waals surface area contributed by atoms with Crippen molar-refractivity contribution in [2.45, 2.75) is 0 Å². The smallest absolute Gasteiger partial charge is 0.317 e. The lowest BCUT2D eigenvalue weighted by Gasteiger charge is -2.00. The van der Waals surface area contributed by atoms with Gasteiger partial charge in [-0.05, 0) is 6.07 Å². The molecule has 1 heterocycles. The Morgan fingerprint density at radius 1 is 1.28 bits per heavy atom. The number of carbonyl (C=O) groups excluding carboxylic acids is 1. The van der Waals surface area contributed by atoms with E-state index < -0.39 is 5.97 Å². The minimum absolute atomic E-state index is 0.0281. The van der Waals surface area contributed by atoms with Gasteiger partial charge in [-0.1, -0.05) is 18.2 Å². The van der Waals surface area contributed by atoms with Crippen LogP contribution in [0, 0.1) is 0 Å². The number of carboxylic acids is 1. The van der Waals surface area contributed by atoms with Crippen molar-refractivity contribution in [1.82, 2.24) is 9.88 Å². The van der Waals surface area contributed by atoms with E-state index in [0.717, 1.165) is 10.9 Å². The summed E-state index contributed by atoms with van der Waals surface area (Å²) >= 11 is 0. The Bertz CT molecular complexity index is 601. The lowest BCUT2D eigenvalue weighted by Crippen LogP contribution is -2.28. The fourth-order valence-corrected chi connectivity index (χ4v) is 1.94.